The molecule has 0 radical (unpaired) electrons. The monoisotopic (exact) mass is 490 g/mol. The van der Waals surface area contributed by atoms with Crippen molar-refractivity contribution in [2.75, 3.05) is 0 Å². The van der Waals surface area contributed by atoms with Crippen LogP contribution >= 0.6 is 0 Å². The fourth-order valence-corrected chi connectivity index (χ4v) is 6.35. The highest BCUT2D eigenvalue weighted by Gasteiger charge is 2.38. The Kier molecular flexibility index (Phi) is 5.41. The molecule has 0 saturated heterocycles. The highest BCUT2D eigenvalue weighted by atomic mass is 16.4. The van der Waals surface area contributed by atoms with E-state index in [1.54, 1.807) is 12.1 Å². The maximum absolute atomic E-state index is 11.4. The van der Waals surface area contributed by atoms with E-state index < -0.39 is 5.97 Å². The van der Waals surface area contributed by atoms with Crippen molar-refractivity contribution in [3.63, 3.8) is 0 Å². The first-order chi connectivity index (χ1) is 17.6. The number of rotatable bonds is 4. The van der Waals surface area contributed by atoms with E-state index >= 15 is 0 Å². The van der Waals surface area contributed by atoms with E-state index in [2.05, 4.69) is 61.6 Å². The Morgan fingerprint density at radius 1 is 0.919 bits per heavy atom. The van der Waals surface area contributed by atoms with Crippen LogP contribution in [0.5, 0.6) is 0 Å². The van der Waals surface area contributed by atoms with Crippen LogP contribution in [0.25, 0.3) is 22.4 Å². The molecule has 1 N–H and O–H groups in total. The van der Waals surface area contributed by atoms with Crippen LogP contribution < -0.4 is 0 Å². The predicted molar refractivity (Wildman–Crippen MR) is 148 cm³/mol. The molecule has 0 bridgehead atoms. The number of hydrogen-bond donors (Lipinski definition) is 1. The van der Waals surface area contributed by atoms with Gasteiger partial charge in [-0.05, 0) is 94.7 Å². The van der Waals surface area contributed by atoms with Gasteiger partial charge in [0.2, 0.25) is 0 Å². The van der Waals surface area contributed by atoms with E-state index in [1.807, 2.05) is 30.5 Å². The second kappa shape index (κ2) is 8.44. The van der Waals surface area contributed by atoms with Gasteiger partial charge in [-0.1, -0.05) is 52.0 Å². The molecule has 4 nitrogen and oxygen atoms in total. The highest BCUT2D eigenvalue weighted by Crippen LogP contribution is 2.50. The Bertz CT molecular complexity index is 1510. The van der Waals surface area contributed by atoms with Crippen LogP contribution in [-0.2, 0) is 30.2 Å². The topological polar surface area (TPSA) is 55.1 Å². The number of hydrogen-bond acceptors (Lipinski definition) is 2. The number of carboxylic acids is 1. The lowest BCUT2D eigenvalue weighted by Crippen LogP contribution is -2.34. The van der Waals surface area contributed by atoms with E-state index in [9.17, 15) is 9.90 Å². The van der Waals surface area contributed by atoms with Crippen LogP contribution in [0.2, 0.25) is 0 Å². The average Bonchev–Trinajstić information content (AvgIpc) is 3.25. The molecular weight excluding hydrogens is 456 g/mol. The van der Waals surface area contributed by atoms with Crippen molar-refractivity contribution in [2.45, 2.75) is 70.8 Å². The number of carbonyl (C=O) groups is 1. The maximum atomic E-state index is 11.4. The van der Waals surface area contributed by atoms with E-state index in [4.69, 9.17) is 0 Å². The van der Waals surface area contributed by atoms with E-state index in [0.29, 0.717) is 12.1 Å². The minimum atomic E-state index is -0.898. The molecule has 0 fully saturated rings. The molecule has 0 unspecified atom stereocenters. The van der Waals surface area contributed by atoms with Crippen LogP contribution in [0.1, 0.15) is 78.8 Å². The number of aromatic nitrogens is 2. The summed E-state index contributed by atoms with van der Waals surface area (Å²) in [4.78, 5) is 16.0. The summed E-state index contributed by atoms with van der Waals surface area (Å²) in [6.07, 6.45) is 8.49. The van der Waals surface area contributed by atoms with Crippen LogP contribution in [0.4, 0.5) is 0 Å². The third-order valence-corrected chi connectivity index (χ3v) is 8.66. The van der Waals surface area contributed by atoms with Gasteiger partial charge in [0.25, 0.3) is 0 Å². The van der Waals surface area contributed by atoms with Gasteiger partial charge in [0.15, 0.2) is 0 Å². The van der Waals surface area contributed by atoms with Gasteiger partial charge in [-0.3, -0.25) is 4.98 Å². The van der Waals surface area contributed by atoms with Gasteiger partial charge < -0.3 is 9.67 Å². The summed E-state index contributed by atoms with van der Waals surface area (Å²) in [6.45, 7) is 10.3. The third-order valence-electron chi connectivity index (χ3n) is 8.66. The van der Waals surface area contributed by atoms with Crippen molar-refractivity contribution in [1.82, 2.24) is 9.55 Å². The first-order valence-corrected chi connectivity index (χ1v) is 13.3. The molecule has 2 heterocycles. The summed E-state index contributed by atoms with van der Waals surface area (Å²) < 4.78 is 2.36. The number of benzene rings is 2. The van der Waals surface area contributed by atoms with Gasteiger partial charge in [-0.2, -0.15) is 0 Å². The molecule has 6 rings (SSSR count). The Hall–Kier alpha value is -3.66. The van der Waals surface area contributed by atoms with Crippen molar-refractivity contribution < 1.29 is 9.90 Å². The highest BCUT2D eigenvalue weighted by molar-refractivity contribution is 5.89. The molecule has 4 heteroatoms. The summed E-state index contributed by atoms with van der Waals surface area (Å²) in [5.41, 5.74) is 12.3. The lowest BCUT2D eigenvalue weighted by molar-refractivity contribution is 0.0697. The maximum Gasteiger partial charge on any atom is 0.335 e. The SMILES string of the molecule is CC1(C)CCC(C)(C)c2cc3c(cc21)CCc1c(-c2ccc(C(=O)O)cc2)cn(Cc2ccccn2)c1-3. The number of aryl methyl sites for hydroxylation is 1. The van der Waals surface area contributed by atoms with Gasteiger partial charge >= 0.3 is 5.97 Å². The molecule has 37 heavy (non-hydrogen) atoms. The quantitative estimate of drug-likeness (QED) is 0.324. The molecule has 2 aromatic heterocycles. The zero-order valence-corrected chi connectivity index (χ0v) is 22.1. The smallest absolute Gasteiger partial charge is 0.335 e. The van der Waals surface area contributed by atoms with E-state index in [0.717, 1.165) is 24.1 Å². The number of fused-ring (bicyclic) bond motifs is 4. The predicted octanol–water partition coefficient (Wildman–Crippen LogP) is 7.41. The van der Waals surface area contributed by atoms with Crippen molar-refractivity contribution in [3.05, 3.63) is 101 Å². The molecule has 0 amide bonds. The standard InChI is InChI=1S/C33H34N2O2/c1-32(2)14-15-33(3,4)29-18-26-23(17-28(29)32)12-13-25-27(21-8-10-22(11-9-21)31(36)37)20-35(30(25)26)19-24-7-5-6-16-34-24/h5-11,16-18,20H,12-15,19H2,1-4H3,(H,36,37). The van der Waals surface area contributed by atoms with Gasteiger partial charge in [0.05, 0.1) is 23.5 Å². The van der Waals surface area contributed by atoms with Crippen LogP contribution in [-0.4, -0.2) is 20.6 Å². The fraction of sp³-hybridized carbons (Fsp3) is 0.333. The number of aromatic carboxylic acids is 1. The second-order valence-electron chi connectivity index (χ2n) is 12.0. The average molecular weight is 491 g/mol. The zero-order chi connectivity index (χ0) is 25.9. The molecule has 2 aromatic carbocycles. The molecule has 0 atom stereocenters. The van der Waals surface area contributed by atoms with Crippen LogP contribution in [0, 0.1) is 0 Å². The molecule has 0 aliphatic heterocycles. The molecule has 0 spiro atoms. The normalized spacial score (nSPS) is 17.0. The molecule has 0 saturated carbocycles. The minimum Gasteiger partial charge on any atom is -0.478 e. The van der Waals surface area contributed by atoms with Crippen LogP contribution in [0.3, 0.4) is 0 Å². The zero-order valence-electron chi connectivity index (χ0n) is 22.1. The Morgan fingerprint density at radius 3 is 2.27 bits per heavy atom. The number of carboxylic acid groups (broad SMARTS) is 1. The summed E-state index contributed by atoms with van der Waals surface area (Å²) in [7, 11) is 0. The summed E-state index contributed by atoms with van der Waals surface area (Å²) in [5.74, 6) is -0.898. The Balaban J connectivity index is 1.56. The summed E-state index contributed by atoms with van der Waals surface area (Å²) >= 11 is 0. The molecule has 2 aliphatic carbocycles. The van der Waals surface area contributed by atoms with Crippen molar-refractivity contribution in [3.8, 4) is 22.4 Å². The van der Waals surface area contributed by atoms with Crippen molar-refractivity contribution in [1.29, 1.82) is 0 Å². The fourth-order valence-electron chi connectivity index (χ4n) is 6.35. The number of pyridine rings is 1. The largest absolute Gasteiger partial charge is 0.478 e. The van der Waals surface area contributed by atoms with E-state index in [1.165, 1.54) is 51.9 Å². The third kappa shape index (κ3) is 3.99. The van der Waals surface area contributed by atoms with Gasteiger partial charge in [-0.25, -0.2) is 4.79 Å². The minimum absolute atomic E-state index is 0.144. The van der Waals surface area contributed by atoms with E-state index in [-0.39, 0.29) is 10.8 Å². The van der Waals surface area contributed by atoms with Gasteiger partial charge in [0, 0.05) is 23.5 Å². The van der Waals surface area contributed by atoms with Gasteiger partial charge in [-0.15, -0.1) is 0 Å². The summed E-state index contributed by atoms with van der Waals surface area (Å²) in [5, 5.41) is 9.38. The summed E-state index contributed by atoms with van der Waals surface area (Å²) in [6, 6.07) is 18.4. The van der Waals surface area contributed by atoms with Crippen molar-refractivity contribution in [2.24, 2.45) is 0 Å². The first kappa shape index (κ1) is 23.7. The molecule has 4 aromatic rings. The van der Waals surface area contributed by atoms with Gasteiger partial charge in [0.1, 0.15) is 0 Å². The first-order valence-electron chi connectivity index (χ1n) is 13.3. The Morgan fingerprint density at radius 2 is 1.62 bits per heavy atom. The Labute approximate surface area is 219 Å². The molecule has 188 valence electrons. The molecule has 2 aliphatic rings. The lowest BCUT2D eigenvalue weighted by Gasteiger charge is -2.43. The lowest BCUT2D eigenvalue weighted by atomic mass is 9.62. The molecular formula is C33H34N2O2. The number of nitrogens with zero attached hydrogens (tertiary/aromatic N) is 2. The van der Waals surface area contributed by atoms with Crippen molar-refractivity contribution >= 4 is 5.97 Å². The van der Waals surface area contributed by atoms with Crippen LogP contribution in [0.15, 0.2) is 67.0 Å². The second-order valence-corrected chi connectivity index (χ2v) is 12.0.